The molecule has 1 aromatic carbocycles. The van der Waals surface area contributed by atoms with E-state index in [4.69, 9.17) is 9.72 Å². The Hall–Kier alpha value is -3.82. The summed E-state index contributed by atoms with van der Waals surface area (Å²) in [6.45, 7) is 6.35. The third-order valence-electron chi connectivity index (χ3n) is 5.45. The van der Waals surface area contributed by atoms with Gasteiger partial charge in [-0.3, -0.25) is 19.7 Å². The quantitative estimate of drug-likeness (QED) is 0.252. The van der Waals surface area contributed by atoms with E-state index in [1.165, 1.54) is 6.07 Å². The van der Waals surface area contributed by atoms with Gasteiger partial charge >= 0.3 is 5.97 Å². The standard InChI is InChI=1S/C24H29N5O5/c1-4-6-10-20-27-23-16(3)19(26-21(30)11-12-22(31)34-5-2)14-25-24(23)28(20)15-17-8-7-9-18(13-17)29(32)33/h7-9,13-14H,4-6,10-12,15H2,1-3H3,(H,26,30). The summed E-state index contributed by atoms with van der Waals surface area (Å²) in [7, 11) is 0. The fraction of sp³-hybridized carbons (Fsp3) is 0.417. The van der Waals surface area contributed by atoms with Crippen LogP contribution >= 0.6 is 0 Å². The van der Waals surface area contributed by atoms with E-state index in [2.05, 4.69) is 17.2 Å². The van der Waals surface area contributed by atoms with E-state index in [0.29, 0.717) is 23.4 Å². The van der Waals surface area contributed by atoms with Crippen LogP contribution in [0.5, 0.6) is 0 Å². The Morgan fingerprint density at radius 2 is 2.03 bits per heavy atom. The van der Waals surface area contributed by atoms with E-state index in [1.54, 1.807) is 25.3 Å². The minimum atomic E-state index is -0.414. The molecule has 0 aliphatic rings. The summed E-state index contributed by atoms with van der Waals surface area (Å²) in [5.74, 6) is 0.118. The summed E-state index contributed by atoms with van der Waals surface area (Å²) >= 11 is 0. The number of unbranched alkanes of at least 4 members (excludes halogenated alkanes) is 1. The number of esters is 1. The van der Waals surface area contributed by atoms with Gasteiger partial charge in [-0.2, -0.15) is 0 Å². The van der Waals surface area contributed by atoms with Crippen LogP contribution in [0.25, 0.3) is 11.2 Å². The van der Waals surface area contributed by atoms with Crippen molar-refractivity contribution >= 4 is 34.4 Å². The number of nitrogens with zero attached hydrogens (tertiary/aromatic N) is 4. The Labute approximate surface area is 197 Å². The predicted molar refractivity (Wildman–Crippen MR) is 128 cm³/mol. The highest BCUT2D eigenvalue weighted by atomic mass is 16.6. The molecule has 2 aromatic heterocycles. The monoisotopic (exact) mass is 467 g/mol. The van der Waals surface area contributed by atoms with Crippen LogP contribution in [0.2, 0.25) is 0 Å². The van der Waals surface area contributed by atoms with E-state index in [0.717, 1.165) is 36.2 Å². The van der Waals surface area contributed by atoms with Gasteiger partial charge in [-0.15, -0.1) is 0 Å². The molecule has 180 valence electrons. The van der Waals surface area contributed by atoms with Gasteiger partial charge in [0.1, 0.15) is 11.3 Å². The largest absolute Gasteiger partial charge is 0.466 e. The van der Waals surface area contributed by atoms with Crippen LogP contribution in [0.4, 0.5) is 11.4 Å². The minimum absolute atomic E-state index is 0.00734. The van der Waals surface area contributed by atoms with Gasteiger partial charge in [0.05, 0.1) is 36.4 Å². The van der Waals surface area contributed by atoms with Gasteiger partial charge in [0.25, 0.3) is 5.69 Å². The number of fused-ring (bicyclic) bond motifs is 1. The molecule has 0 atom stereocenters. The highest BCUT2D eigenvalue weighted by molar-refractivity contribution is 5.95. The van der Waals surface area contributed by atoms with Gasteiger partial charge in [-0.1, -0.05) is 25.5 Å². The van der Waals surface area contributed by atoms with Crippen LogP contribution in [-0.2, 0) is 27.3 Å². The molecule has 0 radical (unpaired) electrons. The molecule has 0 bridgehead atoms. The number of ether oxygens (including phenoxy) is 1. The molecule has 10 nitrogen and oxygen atoms in total. The molecule has 3 aromatic rings. The molecule has 2 heterocycles. The number of hydrogen-bond donors (Lipinski definition) is 1. The van der Waals surface area contributed by atoms with Crippen molar-refractivity contribution in [3.8, 4) is 0 Å². The first kappa shape index (κ1) is 24.8. The Kier molecular flexibility index (Phi) is 8.29. The number of benzene rings is 1. The highest BCUT2D eigenvalue weighted by Gasteiger charge is 2.18. The van der Waals surface area contributed by atoms with E-state index >= 15 is 0 Å². The zero-order valence-electron chi connectivity index (χ0n) is 19.7. The lowest BCUT2D eigenvalue weighted by atomic mass is 10.2. The average molecular weight is 468 g/mol. The number of nitro benzene ring substituents is 1. The molecule has 0 saturated carbocycles. The smallest absolute Gasteiger partial charge is 0.306 e. The van der Waals surface area contributed by atoms with Gasteiger partial charge in [0, 0.05) is 30.5 Å². The van der Waals surface area contributed by atoms with Crippen LogP contribution in [0, 0.1) is 17.0 Å². The molecular formula is C24H29N5O5. The third kappa shape index (κ3) is 5.94. The SMILES string of the molecule is CCCCc1nc2c(C)c(NC(=O)CCC(=O)OCC)cnc2n1Cc1cccc([N+](=O)[O-])c1. The van der Waals surface area contributed by atoms with Crippen LogP contribution < -0.4 is 5.32 Å². The molecule has 10 heteroatoms. The second kappa shape index (κ2) is 11.4. The molecule has 1 N–H and O–H groups in total. The second-order valence-corrected chi connectivity index (χ2v) is 7.97. The predicted octanol–water partition coefficient (Wildman–Crippen LogP) is 4.32. The lowest BCUT2D eigenvalue weighted by molar-refractivity contribution is -0.384. The van der Waals surface area contributed by atoms with Crippen LogP contribution in [0.15, 0.2) is 30.5 Å². The van der Waals surface area contributed by atoms with Gasteiger partial charge in [0.2, 0.25) is 5.91 Å². The first-order chi connectivity index (χ1) is 16.3. The summed E-state index contributed by atoms with van der Waals surface area (Å²) in [6.07, 6.45) is 4.27. The van der Waals surface area contributed by atoms with Gasteiger partial charge in [0.15, 0.2) is 5.65 Å². The Bertz CT molecular complexity index is 1200. The number of non-ortho nitro benzene ring substituents is 1. The number of amides is 1. The Balaban J connectivity index is 1.89. The molecule has 34 heavy (non-hydrogen) atoms. The van der Waals surface area contributed by atoms with Gasteiger partial charge in [-0.25, -0.2) is 9.97 Å². The summed E-state index contributed by atoms with van der Waals surface area (Å²) in [4.78, 5) is 44.0. The number of rotatable bonds is 11. The molecule has 0 fully saturated rings. The van der Waals surface area contributed by atoms with Crippen LogP contribution in [0.3, 0.4) is 0 Å². The van der Waals surface area contributed by atoms with Crippen molar-refractivity contribution < 1.29 is 19.2 Å². The zero-order valence-corrected chi connectivity index (χ0v) is 19.7. The molecular weight excluding hydrogens is 438 g/mol. The Morgan fingerprint density at radius 1 is 1.24 bits per heavy atom. The number of nitro groups is 1. The Morgan fingerprint density at radius 3 is 2.74 bits per heavy atom. The third-order valence-corrected chi connectivity index (χ3v) is 5.45. The number of anilines is 1. The highest BCUT2D eigenvalue weighted by Crippen LogP contribution is 2.26. The number of aryl methyl sites for hydroxylation is 2. The number of carbonyl (C=O) groups is 2. The molecule has 3 rings (SSSR count). The number of aromatic nitrogens is 3. The topological polar surface area (TPSA) is 129 Å². The number of hydrogen-bond acceptors (Lipinski definition) is 7. The molecule has 0 aliphatic heterocycles. The molecule has 0 saturated heterocycles. The van der Waals surface area contributed by atoms with Crippen molar-refractivity contribution in [3.05, 3.63) is 57.5 Å². The van der Waals surface area contributed by atoms with Gasteiger partial charge in [-0.05, 0) is 25.8 Å². The lowest BCUT2D eigenvalue weighted by Crippen LogP contribution is -2.15. The second-order valence-electron chi connectivity index (χ2n) is 7.97. The molecule has 0 spiro atoms. The fourth-order valence-electron chi connectivity index (χ4n) is 3.65. The molecule has 0 aliphatic carbocycles. The van der Waals surface area contributed by atoms with Crippen molar-refractivity contribution in [3.63, 3.8) is 0 Å². The lowest BCUT2D eigenvalue weighted by Gasteiger charge is -2.10. The maximum Gasteiger partial charge on any atom is 0.306 e. The summed E-state index contributed by atoms with van der Waals surface area (Å²) in [6, 6.07) is 6.53. The summed E-state index contributed by atoms with van der Waals surface area (Å²) in [5, 5.41) is 14.0. The van der Waals surface area contributed by atoms with Crippen molar-refractivity contribution in [1.82, 2.24) is 14.5 Å². The zero-order chi connectivity index (χ0) is 24.7. The van der Waals surface area contributed by atoms with Crippen LogP contribution in [-0.4, -0.2) is 37.9 Å². The van der Waals surface area contributed by atoms with Crippen molar-refractivity contribution in [1.29, 1.82) is 0 Å². The fourth-order valence-corrected chi connectivity index (χ4v) is 3.65. The van der Waals surface area contributed by atoms with Crippen LogP contribution in [0.1, 0.15) is 56.5 Å². The number of nitrogens with one attached hydrogen (secondary N) is 1. The van der Waals surface area contributed by atoms with E-state index in [9.17, 15) is 19.7 Å². The number of imidazole rings is 1. The molecule has 1 amide bonds. The van der Waals surface area contributed by atoms with Crippen molar-refractivity contribution in [2.24, 2.45) is 0 Å². The number of carbonyl (C=O) groups excluding carboxylic acids is 2. The first-order valence-corrected chi connectivity index (χ1v) is 11.4. The van der Waals surface area contributed by atoms with E-state index in [1.807, 2.05) is 17.6 Å². The normalized spacial score (nSPS) is 10.9. The van der Waals surface area contributed by atoms with Crippen molar-refractivity contribution in [2.75, 3.05) is 11.9 Å². The van der Waals surface area contributed by atoms with Gasteiger partial charge < -0.3 is 14.6 Å². The van der Waals surface area contributed by atoms with E-state index < -0.39 is 10.9 Å². The summed E-state index contributed by atoms with van der Waals surface area (Å²) in [5.41, 5.74) is 3.43. The van der Waals surface area contributed by atoms with Crippen molar-refractivity contribution in [2.45, 2.75) is 59.4 Å². The average Bonchev–Trinajstić information content (AvgIpc) is 3.16. The number of pyridine rings is 1. The molecule has 0 unspecified atom stereocenters. The van der Waals surface area contributed by atoms with E-state index in [-0.39, 0.29) is 31.0 Å². The summed E-state index contributed by atoms with van der Waals surface area (Å²) < 4.78 is 6.84. The maximum atomic E-state index is 12.3. The first-order valence-electron chi connectivity index (χ1n) is 11.4. The maximum absolute atomic E-state index is 12.3. The minimum Gasteiger partial charge on any atom is -0.466 e.